The Bertz CT molecular complexity index is 1050. The van der Waals surface area contributed by atoms with Crippen LogP contribution in [-0.2, 0) is 10.0 Å². The van der Waals surface area contributed by atoms with Crippen molar-refractivity contribution in [1.29, 1.82) is 0 Å². The number of piperidine rings is 1. The number of hydrazine groups is 1. The number of carbonyl (C=O) groups excluding carboxylic acids is 2. The molecule has 0 unspecified atom stereocenters. The number of amides is 2. The highest BCUT2D eigenvalue weighted by Gasteiger charge is 2.26. The molecule has 2 aromatic rings. The van der Waals surface area contributed by atoms with Crippen LogP contribution < -0.4 is 20.3 Å². The average molecular weight is 448 g/mol. The van der Waals surface area contributed by atoms with Gasteiger partial charge in [0.25, 0.3) is 11.8 Å². The lowest BCUT2D eigenvalue weighted by molar-refractivity contribution is 0.0846. The third-order valence-electron chi connectivity index (χ3n) is 5.00. The fourth-order valence-corrected chi connectivity index (χ4v) is 4.79. The Labute approximate surface area is 181 Å². The molecule has 0 bridgehead atoms. The van der Waals surface area contributed by atoms with Crippen molar-refractivity contribution >= 4 is 21.8 Å². The minimum atomic E-state index is -3.57. The summed E-state index contributed by atoms with van der Waals surface area (Å²) in [6.07, 6.45) is 2.72. The molecule has 1 aliphatic rings. The molecule has 2 N–H and O–H groups in total. The Morgan fingerprint density at radius 1 is 0.806 bits per heavy atom. The van der Waals surface area contributed by atoms with Gasteiger partial charge in [-0.2, -0.15) is 4.31 Å². The fraction of sp³-hybridized carbons (Fsp3) is 0.333. The standard InChI is InChI=1S/C21H25N3O6S/c1-29-18-11-8-16(14-19(18)30-2)21(26)23-22-20(25)15-6-9-17(10-7-15)31(27,28)24-12-4-3-5-13-24/h6-11,14H,3-5,12-13H2,1-2H3,(H,22,25)(H,23,26). The average Bonchev–Trinajstić information content (AvgIpc) is 2.82. The Kier molecular flexibility index (Phi) is 7.13. The first-order chi connectivity index (χ1) is 14.9. The molecule has 1 aliphatic heterocycles. The van der Waals surface area contributed by atoms with Crippen LogP contribution in [0, 0.1) is 0 Å². The number of ether oxygens (including phenoxy) is 2. The van der Waals surface area contributed by atoms with Gasteiger partial charge < -0.3 is 9.47 Å². The van der Waals surface area contributed by atoms with Crippen molar-refractivity contribution in [1.82, 2.24) is 15.2 Å². The summed E-state index contributed by atoms with van der Waals surface area (Å²) in [6, 6.07) is 10.2. The number of benzene rings is 2. The second kappa shape index (κ2) is 9.80. The number of hydrogen-bond acceptors (Lipinski definition) is 6. The van der Waals surface area contributed by atoms with Crippen LogP contribution in [0.3, 0.4) is 0 Å². The maximum Gasteiger partial charge on any atom is 0.269 e. The molecule has 3 rings (SSSR count). The first-order valence-corrected chi connectivity index (χ1v) is 11.2. The molecule has 9 nitrogen and oxygen atoms in total. The van der Waals surface area contributed by atoms with E-state index in [4.69, 9.17) is 9.47 Å². The molecule has 1 fully saturated rings. The minimum absolute atomic E-state index is 0.139. The van der Waals surface area contributed by atoms with Crippen molar-refractivity contribution in [3.8, 4) is 11.5 Å². The van der Waals surface area contributed by atoms with Gasteiger partial charge in [-0.3, -0.25) is 20.4 Å². The van der Waals surface area contributed by atoms with Crippen molar-refractivity contribution in [3.63, 3.8) is 0 Å². The van der Waals surface area contributed by atoms with Crippen molar-refractivity contribution < 1.29 is 27.5 Å². The number of nitrogens with one attached hydrogen (secondary N) is 2. The Morgan fingerprint density at radius 2 is 1.35 bits per heavy atom. The number of hydrogen-bond donors (Lipinski definition) is 2. The Morgan fingerprint density at radius 3 is 1.94 bits per heavy atom. The smallest absolute Gasteiger partial charge is 0.269 e. The first-order valence-electron chi connectivity index (χ1n) is 9.79. The van der Waals surface area contributed by atoms with Gasteiger partial charge in [-0.1, -0.05) is 6.42 Å². The number of carbonyl (C=O) groups is 2. The molecule has 2 amide bonds. The second-order valence-electron chi connectivity index (χ2n) is 6.97. The molecule has 31 heavy (non-hydrogen) atoms. The summed E-state index contributed by atoms with van der Waals surface area (Å²) in [5, 5.41) is 0. The number of methoxy groups -OCH3 is 2. The Hall–Kier alpha value is -3.11. The van der Waals surface area contributed by atoms with E-state index in [2.05, 4.69) is 10.9 Å². The highest BCUT2D eigenvalue weighted by Crippen LogP contribution is 2.27. The van der Waals surface area contributed by atoms with Gasteiger partial charge in [0.2, 0.25) is 10.0 Å². The van der Waals surface area contributed by atoms with Gasteiger partial charge in [0.1, 0.15) is 0 Å². The zero-order valence-corrected chi connectivity index (χ0v) is 18.2. The summed E-state index contributed by atoms with van der Waals surface area (Å²) in [6.45, 7) is 1.01. The molecule has 1 heterocycles. The first kappa shape index (κ1) is 22.6. The van der Waals surface area contributed by atoms with Crippen LogP contribution in [0.25, 0.3) is 0 Å². The molecule has 0 aliphatic carbocycles. The maximum absolute atomic E-state index is 12.7. The monoisotopic (exact) mass is 447 g/mol. The molecule has 0 atom stereocenters. The molecule has 0 radical (unpaired) electrons. The van der Waals surface area contributed by atoms with Gasteiger partial charge in [0.15, 0.2) is 11.5 Å². The number of nitrogens with zero attached hydrogens (tertiary/aromatic N) is 1. The van der Waals surface area contributed by atoms with Crippen LogP contribution in [0.1, 0.15) is 40.0 Å². The Balaban J connectivity index is 1.62. The largest absolute Gasteiger partial charge is 0.493 e. The van der Waals surface area contributed by atoms with Crippen LogP contribution >= 0.6 is 0 Å². The van der Waals surface area contributed by atoms with Gasteiger partial charge in [0, 0.05) is 24.2 Å². The number of rotatable bonds is 6. The van der Waals surface area contributed by atoms with Gasteiger partial charge in [0.05, 0.1) is 19.1 Å². The zero-order valence-electron chi connectivity index (χ0n) is 17.4. The van der Waals surface area contributed by atoms with Crippen LogP contribution in [0.5, 0.6) is 11.5 Å². The van der Waals surface area contributed by atoms with Crippen LogP contribution in [0.15, 0.2) is 47.4 Å². The van der Waals surface area contributed by atoms with Gasteiger partial charge in [-0.25, -0.2) is 8.42 Å². The van der Waals surface area contributed by atoms with Crippen molar-refractivity contribution in [2.75, 3.05) is 27.3 Å². The van der Waals surface area contributed by atoms with Gasteiger partial charge >= 0.3 is 0 Å². The fourth-order valence-electron chi connectivity index (χ4n) is 3.27. The molecule has 0 aromatic heterocycles. The molecule has 10 heteroatoms. The highest BCUT2D eigenvalue weighted by atomic mass is 32.2. The predicted molar refractivity (Wildman–Crippen MR) is 114 cm³/mol. The maximum atomic E-state index is 12.7. The third-order valence-corrected chi connectivity index (χ3v) is 6.92. The highest BCUT2D eigenvalue weighted by molar-refractivity contribution is 7.89. The minimum Gasteiger partial charge on any atom is -0.493 e. The summed E-state index contributed by atoms with van der Waals surface area (Å²) < 4.78 is 37.1. The molecule has 166 valence electrons. The lowest BCUT2D eigenvalue weighted by atomic mass is 10.2. The van der Waals surface area contributed by atoms with Crippen LogP contribution in [-0.4, -0.2) is 51.8 Å². The molecular weight excluding hydrogens is 422 g/mol. The molecule has 0 saturated carbocycles. The lowest BCUT2D eigenvalue weighted by Gasteiger charge is -2.25. The topological polar surface area (TPSA) is 114 Å². The predicted octanol–water partition coefficient (Wildman–Crippen LogP) is 1.95. The van der Waals surface area contributed by atoms with Crippen molar-refractivity contribution in [2.45, 2.75) is 24.2 Å². The SMILES string of the molecule is COc1ccc(C(=O)NNC(=O)c2ccc(S(=O)(=O)N3CCCCC3)cc2)cc1OC. The summed E-state index contributed by atoms with van der Waals surface area (Å²) in [5.74, 6) is -0.260. The third kappa shape index (κ3) is 5.15. The van der Waals surface area contributed by atoms with Crippen molar-refractivity contribution in [2.24, 2.45) is 0 Å². The van der Waals surface area contributed by atoms with E-state index in [1.807, 2.05) is 0 Å². The summed E-state index contributed by atoms with van der Waals surface area (Å²) in [5.41, 5.74) is 5.11. The van der Waals surface area contributed by atoms with E-state index >= 15 is 0 Å². The normalized spacial score (nSPS) is 14.5. The van der Waals surface area contributed by atoms with Gasteiger partial charge in [-0.15, -0.1) is 0 Å². The molecule has 1 saturated heterocycles. The van der Waals surface area contributed by atoms with E-state index in [9.17, 15) is 18.0 Å². The summed E-state index contributed by atoms with van der Waals surface area (Å²) in [7, 11) is -0.627. The van der Waals surface area contributed by atoms with E-state index in [0.29, 0.717) is 24.6 Å². The molecule has 2 aromatic carbocycles. The second-order valence-corrected chi connectivity index (χ2v) is 8.91. The zero-order chi connectivity index (χ0) is 22.4. The quantitative estimate of drug-likeness (QED) is 0.655. The molecule has 0 spiro atoms. The lowest BCUT2D eigenvalue weighted by Crippen LogP contribution is -2.41. The molecular formula is C21H25N3O6S. The van der Waals surface area contributed by atoms with E-state index in [-0.39, 0.29) is 16.0 Å². The van der Waals surface area contributed by atoms with Crippen molar-refractivity contribution in [3.05, 3.63) is 53.6 Å². The number of sulfonamides is 1. The van der Waals surface area contributed by atoms with Gasteiger partial charge in [-0.05, 0) is 55.3 Å². The summed E-state index contributed by atoms with van der Waals surface area (Å²) >= 11 is 0. The van der Waals surface area contributed by atoms with E-state index in [1.54, 1.807) is 6.07 Å². The van der Waals surface area contributed by atoms with E-state index in [0.717, 1.165) is 19.3 Å². The van der Waals surface area contributed by atoms with E-state index < -0.39 is 21.8 Å². The van der Waals surface area contributed by atoms with E-state index in [1.165, 1.54) is 54.9 Å². The van der Waals surface area contributed by atoms with Crippen LogP contribution in [0.2, 0.25) is 0 Å². The van der Waals surface area contributed by atoms with Crippen LogP contribution in [0.4, 0.5) is 0 Å². The summed E-state index contributed by atoms with van der Waals surface area (Å²) in [4.78, 5) is 24.8.